The molecule has 1 heterocycles. The number of ether oxygens (including phenoxy) is 1. The third-order valence-corrected chi connectivity index (χ3v) is 2.82. The predicted octanol–water partition coefficient (Wildman–Crippen LogP) is 3.39. The Morgan fingerprint density at radius 3 is 2.27 bits per heavy atom. The summed E-state index contributed by atoms with van der Waals surface area (Å²) in [5.74, 6) is 0.0663. The van der Waals surface area contributed by atoms with E-state index in [2.05, 4.69) is 23.0 Å². The molecule has 1 aromatic rings. The van der Waals surface area contributed by atoms with Gasteiger partial charge in [0.25, 0.3) is 0 Å². The lowest BCUT2D eigenvalue weighted by molar-refractivity contribution is 0.0605. The number of carbonyl (C=O) groups excluding carboxylic acids is 1. The fourth-order valence-electron chi connectivity index (χ4n) is 1.17. The van der Waals surface area contributed by atoms with E-state index in [0.717, 1.165) is 11.3 Å². The number of rotatable bonds is 2. The van der Waals surface area contributed by atoms with E-state index in [9.17, 15) is 4.79 Å². The molecule has 0 saturated carbocycles. The van der Waals surface area contributed by atoms with Crippen molar-refractivity contribution in [2.75, 3.05) is 7.11 Å². The normalized spacial score (nSPS) is 9.53. The highest BCUT2D eigenvalue weighted by atomic mass is 32.1. The van der Waals surface area contributed by atoms with E-state index >= 15 is 0 Å². The maximum Gasteiger partial charge on any atom is 0.349 e. The summed E-state index contributed by atoms with van der Waals surface area (Å²) in [6.07, 6.45) is 0. The van der Waals surface area contributed by atoms with Crippen molar-refractivity contribution in [3.8, 4) is 0 Å². The molecule has 0 unspecified atom stereocenters. The molecule has 0 radical (unpaired) electrons. The first kappa shape index (κ1) is 14.1. The highest BCUT2D eigenvalue weighted by Gasteiger charge is 2.18. The van der Waals surface area contributed by atoms with Crippen LogP contribution in [-0.4, -0.2) is 17.5 Å². The third kappa shape index (κ3) is 3.30. The van der Waals surface area contributed by atoms with Crippen molar-refractivity contribution in [1.82, 2.24) is 4.37 Å². The van der Waals surface area contributed by atoms with Gasteiger partial charge in [0.15, 0.2) is 0 Å². The van der Waals surface area contributed by atoms with Crippen molar-refractivity contribution in [1.29, 1.82) is 0 Å². The molecule has 0 bridgehead atoms. The summed E-state index contributed by atoms with van der Waals surface area (Å²) in [7, 11) is 1.39. The molecule has 15 heavy (non-hydrogen) atoms. The molecule has 0 aromatic carbocycles. The minimum absolute atomic E-state index is 0.290. The van der Waals surface area contributed by atoms with Gasteiger partial charge in [0, 0.05) is 0 Å². The van der Waals surface area contributed by atoms with Crippen LogP contribution in [0.3, 0.4) is 0 Å². The molecule has 0 aliphatic rings. The second-order valence-corrected chi connectivity index (χ2v) is 3.94. The van der Waals surface area contributed by atoms with Crippen LogP contribution in [0.25, 0.3) is 0 Å². The Hall–Kier alpha value is -0.900. The Morgan fingerprint density at radius 1 is 1.40 bits per heavy atom. The Morgan fingerprint density at radius 2 is 1.93 bits per heavy atom. The molecule has 0 fully saturated rings. The molecule has 0 spiro atoms. The van der Waals surface area contributed by atoms with Crippen LogP contribution in [0.4, 0.5) is 0 Å². The Balaban J connectivity index is 0.000000921. The molecule has 86 valence electrons. The number of nitrogens with zero attached hydrogens (tertiary/aromatic N) is 1. The zero-order chi connectivity index (χ0) is 12.0. The van der Waals surface area contributed by atoms with E-state index in [0.29, 0.717) is 10.8 Å². The number of methoxy groups -OCH3 is 1. The maximum absolute atomic E-state index is 11.2. The molecule has 0 saturated heterocycles. The van der Waals surface area contributed by atoms with Gasteiger partial charge in [0.05, 0.1) is 12.8 Å². The van der Waals surface area contributed by atoms with Gasteiger partial charge < -0.3 is 4.74 Å². The van der Waals surface area contributed by atoms with Crippen molar-refractivity contribution in [2.24, 2.45) is 0 Å². The molecular formula is C11H19NO2S. The highest BCUT2D eigenvalue weighted by Crippen LogP contribution is 2.24. The van der Waals surface area contributed by atoms with Gasteiger partial charge in [-0.2, -0.15) is 4.37 Å². The molecule has 0 N–H and O–H groups in total. The fraction of sp³-hybridized carbons (Fsp3) is 0.636. The second kappa shape index (κ2) is 6.56. The summed E-state index contributed by atoms with van der Waals surface area (Å²) in [4.78, 5) is 11.8. The van der Waals surface area contributed by atoms with E-state index in [1.54, 1.807) is 0 Å². The lowest BCUT2D eigenvalue weighted by Crippen LogP contribution is -2.01. The van der Waals surface area contributed by atoms with Crippen LogP contribution in [-0.2, 0) is 4.74 Å². The van der Waals surface area contributed by atoms with Crippen molar-refractivity contribution < 1.29 is 9.53 Å². The largest absolute Gasteiger partial charge is 0.465 e. The van der Waals surface area contributed by atoms with Crippen molar-refractivity contribution in [3.63, 3.8) is 0 Å². The van der Waals surface area contributed by atoms with Crippen LogP contribution in [0.15, 0.2) is 0 Å². The van der Waals surface area contributed by atoms with E-state index in [4.69, 9.17) is 0 Å². The Bertz CT molecular complexity index is 318. The predicted molar refractivity (Wildman–Crippen MR) is 63.6 cm³/mol. The summed E-state index contributed by atoms with van der Waals surface area (Å²) in [6, 6.07) is 0. The number of esters is 1. The number of hydrogen-bond acceptors (Lipinski definition) is 4. The van der Waals surface area contributed by atoms with Gasteiger partial charge in [-0.25, -0.2) is 4.79 Å². The molecule has 1 rings (SSSR count). The summed E-state index contributed by atoms with van der Waals surface area (Å²) < 4.78 is 8.87. The van der Waals surface area contributed by atoms with E-state index in [1.165, 1.54) is 18.6 Å². The number of hydrogen-bond donors (Lipinski definition) is 0. The Kier molecular flexibility index (Phi) is 6.17. The first-order valence-corrected chi connectivity index (χ1v) is 5.89. The van der Waals surface area contributed by atoms with Gasteiger partial charge >= 0.3 is 5.97 Å². The molecule has 0 aliphatic heterocycles. The molecule has 0 aliphatic carbocycles. The average molecular weight is 229 g/mol. The lowest BCUT2D eigenvalue weighted by atomic mass is 10.1. The molecule has 1 aromatic heterocycles. The van der Waals surface area contributed by atoms with Crippen LogP contribution in [0.2, 0.25) is 0 Å². The van der Waals surface area contributed by atoms with Crippen LogP contribution in [0.5, 0.6) is 0 Å². The van der Waals surface area contributed by atoms with Crippen molar-refractivity contribution >= 4 is 17.5 Å². The quantitative estimate of drug-likeness (QED) is 0.730. The number of aromatic nitrogens is 1. The van der Waals surface area contributed by atoms with E-state index < -0.39 is 0 Å². The van der Waals surface area contributed by atoms with Gasteiger partial charge in [-0.05, 0) is 29.9 Å². The van der Waals surface area contributed by atoms with Crippen LogP contribution in [0, 0.1) is 6.92 Å². The summed E-state index contributed by atoms with van der Waals surface area (Å²) in [6.45, 7) is 10.0. The van der Waals surface area contributed by atoms with E-state index in [1.807, 2.05) is 20.8 Å². The minimum Gasteiger partial charge on any atom is -0.465 e. The first-order valence-electron chi connectivity index (χ1n) is 5.12. The summed E-state index contributed by atoms with van der Waals surface area (Å²) >= 11 is 1.21. The van der Waals surface area contributed by atoms with Gasteiger partial charge in [-0.1, -0.05) is 27.7 Å². The highest BCUT2D eigenvalue weighted by molar-refractivity contribution is 7.08. The average Bonchev–Trinajstić information content (AvgIpc) is 2.62. The van der Waals surface area contributed by atoms with Crippen molar-refractivity contribution in [3.05, 3.63) is 16.1 Å². The molecule has 0 amide bonds. The first-order chi connectivity index (χ1) is 7.07. The van der Waals surface area contributed by atoms with Crippen LogP contribution < -0.4 is 0 Å². The van der Waals surface area contributed by atoms with Gasteiger partial charge in [0.2, 0.25) is 0 Å². The molecular weight excluding hydrogens is 210 g/mol. The van der Waals surface area contributed by atoms with E-state index in [-0.39, 0.29) is 5.97 Å². The van der Waals surface area contributed by atoms with Gasteiger partial charge in [-0.3, -0.25) is 0 Å². The summed E-state index contributed by atoms with van der Waals surface area (Å²) in [5.41, 5.74) is 1.94. The zero-order valence-corrected chi connectivity index (χ0v) is 11.1. The van der Waals surface area contributed by atoms with Crippen LogP contribution in [0.1, 0.15) is 54.5 Å². The SMILES string of the molecule is CC.COC(=O)c1snc(C(C)C)c1C. The summed E-state index contributed by atoms with van der Waals surface area (Å²) in [5, 5.41) is 0. The lowest BCUT2D eigenvalue weighted by Gasteiger charge is -2.01. The molecule has 4 heteroatoms. The smallest absolute Gasteiger partial charge is 0.349 e. The second-order valence-electron chi connectivity index (χ2n) is 3.17. The van der Waals surface area contributed by atoms with Gasteiger partial charge in [-0.15, -0.1) is 0 Å². The van der Waals surface area contributed by atoms with Crippen molar-refractivity contribution in [2.45, 2.75) is 40.5 Å². The molecule has 0 atom stereocenters. The standard InChI is InChI=1S/C9H13NO2S.C2H6/c1-5(2)7-6(3)8(13-10-7)9(11)12-4;1-2/h5H,1-4H3;1-2H3. The maximum atomic E-state index is 11.2. The zero-order valence-electron chi connectivity index (χ0n) is 10.2. The topological polar surface area (TPSA) is 39.2 Å². The molecule has 3 nitrogen and oxygen atoms in total. The Labute approximate surface area is 95.6 Å². The monoisotopic (exact) mass is 229 g/mol. The third-order valence-electron chi connectivity index (χ3n) is 1.88. The fourth-order valence-corrected chi connectivity index (χ4v) is 2.11. The minimum atomic E-state index is -0.290. The number of carbonyl (C=O) groups is 1. The van der Waals surface area contributed by atoms with Gasteiger partial charge in [0.1, 0.15) is 4.88 Å². The van der Waals surface area contributed by atoms with Crippen LogP contribution >= 0.6 is 11.5 Å².